The Morgan fingerprint density at radius 1 is 1.33 bits per heavy atom. The molecule has 1 aliphatic heterocycles. The zero-order valence-corrected chi connectivity index (χ0v) is 10.2. The fourth-order valence-electron chi connectivity index (χ4n) is 2.30. The number of pyridine rings is 1. The van der Waals surface area contributed by atoms with Gasteiger partial charge in [0, 0.05) is 18.9 Å². The summed E-state index contributed by atoms with van der Waals surface area (Å²) in [6.07, 6.45) is 6.18. The highest BCUT2D eigenvalue weighted by molar-refractivity contribution is 5.87. The van der Waals surface area contributed by atoms with Crippen molar-refractivity contribution in [2.45, 2.75) is 31.7 Å². The second-order valence-electron chi connectivity index (χ2n) is 4.53. The number of rotatable bonds is 3. The Morgan fingerprint density at radius 2 is 2.06 bits per heavy atom. The van der Waals surface area contributed by atoms with Crippen molar-refractivity contribution in [2.24, 2.45) is 5.73 Å². The minimum atomic E-state index is -0.437. The molecule has 1 aromatic rings. The molecule has 0 spiro atoms. The van der Waals surface area contributed by atoms with Crippen LogP contribution in [0.25, 0.3) is 0 Å². The van der Waals surface area contributed by atoms with Crippen LogP contribution in [0.1, 0.15) is 24.8 Å². The first-order valence-electron chi connectivity index (χ1n) is 6.16. The van der Waals surface area contributed by atoms with Gasteiger partial charge >= 0.3 is 0 Å². The number of amides is 2. The second-order valence-corrected chi connectivity index (χ2v) is 4.53. The molecule has 5 heteroatoms. The highest BCUT2D eigenvalue weighted by Crippen LogP contribution is 2.18. The molecule has 1 saturated heterocycles. The van der Waals surface area contributed by atoms with E-state index >= 15 is 0 Å². The van der Waals surface area contributed by atoms with Gasteiger partial charge in [-0.3, -0.25) is 14.6 Å². The van der Waals surface area contributed by atoms with Crippen LogP contribution in [-0.2, 0) is 16.0 Å². The van der Waals surface area contributed by atoms with E-state index in [1.807, 2.05) is 0 Å². The van der Waals surface area contributed by atoms with Crippen LogP contribution >= 0.6 is 0 Å². The molecule has 0 bridgehead atoms. The van der Waals surface area contributed by atoms with Gasteiger partial charge in [-0.05, 0) is 37.0 Å². The smallest absolute Gasteiger partial charge is 0.240 e. The van der Waals surface area contributed by atoms with Gasteiger partial charge in [0.15, 0.2) is 0 Å². The minimum absolute atomic E-state index is 0.0373. The van der Waals surface area contributed by atoms with Crippen molar-refractivity contribution in [1.82, 2.24) is 9.88 Å². The molecule has 2 rings (SSSR count). The Labute approximate surface area is 106 Å². The molecule has 0 radical (unpaired) electrons. The van der Waals surface area contributed by atoms with Gasteiger partial charge in [-0.25, -0.2) is 0 Å². The van der Waals surface area contributed by atoms with Crippen molar-refractivity contribution >= 4 is 11.8 Å². The summed E-state index contributed by atoms with van der Waals surface area (Å²) in [6.45, 7) is 0.623. The molecule has 18 heavy (non-hydrogen) atoms. The maximum Gasteiger partial charge on any atom is 0.240 e. The molecule has 2 heterocycles. The molecule has 1 aromatic heterocycles. The summed E-state index contributed by atoms with van der Waals surface area (Å²) in [5, 5.41) is 0. The van der Waals surface area contributed by atoms with Crippen LogP contribution in [0.15, 0.2) is 24.5 Å². The lowest BCUT2D eigenvalue weighted by Crippen LogP contribution is -2.50. The van der Waals surface area contributed by atoms with Crippen LogP contribution < -0.4 is 5.73 Å². The molecule has 0 aromatic carbocycles. The van der Waals surface area contributed by atoms with E-state index < -0.39 is 11.9 Å². The summed E-state index contributed by atoms with van der Waals surface area (Å²) in [4.78, 5) is 29.0. The number of carbonyl (C=O) groups excluding carboxylic acids is 2. The SMILES string of the molecule is NC(=O)C1CCCCN1C(=O)Cc1ccncc1. The maximum atomic E-state index is 12.2. The van der Waals surface area contributed by atoms with Gasteiger partial charge in [0.25, 0.3) is 0 Å². The molecule has 5 nitrogen and oxygen atoms in total. The predicted molar refractivity (Wildman–Crippen MR) is 66.5 cm³/mol. The van der Waals surface area contributed by atoms with Crippen molar-refractivity contribution < 1.29 is 9.59 Å². The molecule has 1 atom stereocenters. The summed E-state index contributed by atoms with van der Waals surface area (Å²) in [7, 11) is 0. The molecule has 0 aliphatic carbocycles. The standard InChI is InChI=1S/C13H17N3O2/c14-13(18)11-3-1-2-8-16(11)12(17)9-10-4-6-15-7-5-10/h4-7,11H,1-3,8-9H2,(H2,14,18). The van der Waals surface area contributed by atoms with Gasteiger partial charge in [0.2, 0.25) is 11.8 Å². The Morgan fingerprint density at radius 3 is 2.72 bits per heavy atom. The summed E-state index contributed by atoms with van der Waals surface area (Å²) < 4.78 is 0. The molecule has 1 aliphatic rings. The number of primary amides is 1. The van der Waals surface area contributed by atoms with Gasteiger partial charge in [-0.1, -0.05) is 0 Å². The lowest BCUT2D eigenvalue weighted by atomic mass is 10.0. The van der Waals surface area contributed by atoms with E-state index in [1.54, 1.807) is 29.4 Å². The predicted octanol–water partition coefficient (Wildman–Crippen LogP) is 0.490. The van der Waals surface area contributed by atoms with Crippen LogP contribution in [-0.4, -0.2) is 34.3 Å². The second kappa shape index (κ2) is 5.62. The van der Waals surface area contributed by atoms with Gasteiger partial charge in [0.05, 0.1) is 6.42 Å². The highest BCUT2D eigenvalue weighted by Gasteiger charge is 2.30. The van der Waals surface area contributed by atoms with Crippen LogP contribution in [0.5, 0.6) is 0 Å². The average molecular weight is 247 g/mol. The van der Waals surface area contributed by atoms with E-state index in [0.717, 1.165) is 18.4 Å². The third-order valence-electron chi connectivity index (χ3n) is 3.26. The third kappa shape index (κ3) is 2.85. The van der Waals surface area contributed by atoms with Crippen molar-refractivity contribution in [3.8, 4) is 0 Å². The zero-order chi connectivity index (χ0) is 13.0. The van der Waals surface area contributed by atoms with Crippen molar-refractivity contribution in [2.75, 3.05) is 6.54 Å². The number of likely N-dealkylation sites (tertiary alicyclic amines) is 1. The van der Waals surface area contributed by atoms with Gasteiger partial charge in [-0.2, -0.15) is 0 Å². The summed E-state index contributed by atoms with van der Waals surface area (Å²) in [5.41, 5.74) is 6.25. The van der Waals surface area contributed by atoms with Gasteiger partial charge < -0.3 is 10.6 Å². The lowest BCUT2D eigenvalue weighted by Gasteiger charge is -2.33. The van der Waals surface area contributed by atoms with E-state index in [2.05, 4.69) is 4.98 Å². The van der Waals surface area contributed by atoms with Crippen molar-refractivity contribution in [1.29, 1.82) is 0 Å². The first kappa shape index (κ1) is 12.5. The summed E-state index contributed by atoms with van der Waals surface area (Å²) >= 11 is 0. The van der Waals surface area contributed by atoms with E-state index in [4.69, 9.17) is 5.73 Å². The first-order valence-corrected chi connectivity index (χ1v) is 6.16. The fraction of sp³-hybridized carbons (Fsp3) is 0.462. The zero-order valence-electron chi connectivity index (χ0n) is 10.2. The molecule has 2 N–H and O–H groups in total. The van der Waals surface area contributed by atoms with Crippen LogP contribution in [0.2, 0.25) is 0 Å². The van der Waals surface area contributed by atoms with Crippen molar-refractivity contribution in [3.63, 3.8) is 0 Å². The van der Waals surface area contributed by atoms with E-state index in [1.165, 1.54) is 0 Å². The molecule has 2 amide bonds. The fourth-order valence-corrected chi connectivity index (χ4v) is 2.30. The normalized spacial score (nSPS) is 19.6. The Hall–Kier alpha value is -1.91. The van der Waals surface area contributed by atoms with E-state index in [0.29, 0.717) is 19.4 Å². The number of nitrogens with zero attached hydrogens (tertiary/aromatic N) is 2. The summed E-state index contributed by atoms with van der Waals surface area (Å²) in [5.74, 6) is -0.442. The third-order valence-corrected chi connectivity index (χ3v) is 3.26. The number of aromatic nitrogens is 1. The van der Waals surface area contributed by atoms with Crippen LogP contribution in [0, 0.1) is 0 Å². The molecule has 1 unspecified atom stereocenters. The van der Waals surface area contributed by atoms with Crippen molar-refractivity contribution in [3.05, 3.63) is 30.1 Å². The molecular formula is C13H17N3O2. The Kier molecular flexibility index (Phi) is 3.92. The highest BCUT2D eigenvalue weighted by atomic mass is 16.2. The molecular weight excluding hydrogens is 230 g/mol. The molecule has 0 saturated carbocycles. The maximum absolute atomic E-state index is 12.2. The Bertz CT molecular complexity index is 433. The number of hydrogen-bond acceptors (Lipinski definition) is 3. The van der Waals surface area contributed by atoms with E-state index in [-0.39, 0.29) is 5.91 Å². The Balaban J connectivity index is 2.05. The van der Waals surface area contributed by atoms with Gasteiger partial charge in [-0.15, -0.1) is 0 Å². The number of piperidine rings is 1. The van der Waals surface area contributed by atoms with Crippen LogP contribution in [0.4, 0.5) is 0 Å². The number of carbonyl (C=O) groups is 2. The topological polar surface area (TPSA) is 76.3 Å². The largest absolute Gasteiger partial charge is 0.368 e. The molecule has 1 fully saturated rings. The van der Waals surface area contributed by atoms with Gasteiger partial charge in [0.1, 0.15) is 6.04 Å². The number of nitrogens with two attached hydrogens (primary N) is 1. The van der Waals surface area contributed by atoms with Crippen LogP contribution in [0.3, 0.4) is 0 Å². The monoisotopic (exact) mass is 247 g/mol. The quantitative estimate of drug-likeness (QED) is 0.844. The number of hydrogen-bond donors (Lipinski definition) is 1. The summed E-state index contributed by atoms with van der Waals surface area (Å²) in [6, 6.07) is 3.18. The van der Waals surface area contributed by atoms with E-state index in [9.17, 15) is 9.59 Å². The first-order chi connectivity index (χ1) is 8.68. The average Bonchev–Trinajstić information content (AvgIpc) is 2.40. The molecule has 96 valence electrons. The lowest BCUT2D eigenvalue weighted by molar-refractivity contribution is -0.140. The minimum Gasteiger partial charge on any atom is -0.368 e.